The van der Waals surface area contributed by atoms with Gasteiger partial charge in [-0.3, -0.25) is 4.79 Å². The van der Waals surface area contributed by atoms with Gasteiger partial charge in [0.2, 0.25) is 0 Å². The van der Waals surface area contributed by atoms with Crippen LogP contribution in [0.5, 0.6) is 0 Å². The molecule has 18 heavy (non-hydrogen) atoms. The van der Waals surface area contributed by atoms with Crippen LogP contribution in [0.15, 0.2) is 24.8 Å². The van der Waals surface area contributed by atoms with E-state index in [1.165, 1.54) is 6.07 Å². The fourth-order valence-corrected chi connectivity index (χ4v) is 1.68. The van der Waals surface area contributed by atoms with Crippen LogP contribution in [-0.4, -0.2) is 42.6 Å². The summed E-state index contributed by atoms with van der Waals surface area (Å²) in [5.74, 6) is -0.292. The normalized spacial score (nSPS) is 10.2. The molecule has 0 saturated carbocycles. The van der Waals surface area contributed by atoms with Gasteiger partial charge in [0, 0.05) is 20.2 Å². The van der Waals surface area contributed by atoms with Gasteiger partial charge in [-0.2, -0.15) is 0 Å². The second-order valence-electron chi connectivity index (χ2n) is 3.50. The van der Waals surface area contributed by atoms with Gasteiger partial charge in [-0.05, 0) is 12.1 Å². The molecule has 0 aliphatic carbocycles. The van der Waals surface area contributed by atoms with Crippen LogP contribution in [0.25, 0.3) is 0 Å². The van der Waals surface area contributed by atoms with Crippen molar-refractivity contribution >= 4 is 29.1 Å². The van der Waals surface area contributed by atoms with Gasteiger partial charge in [-0.1, -0.05) is 29.3 Å². The Balaban J connectivity index is 2.93. The average Bonchev–Trinajstić information content (AvgIpc) is 2.36. The minimum Gasteiger partial charge on any atom is -0.383 e. The Kier molecular flexibility index (Phi) is 6.12. The Morgan fingerprint density at radius 3 is 2.89 bits per heavy atom. The molecule has 0 bridgehead atoms. The van der Waals surface area contributed by atoms with Crippen LogP contribution >= 0.6 is 23.2 Å². The Hall–Kier alpha value is -1.10. The van der Waals surface area contributed by atoms with Gasteiger partial charge < -0.3 is 9.64 Å². The molecular weight excluding hydrogens is 275 g/mol. The number of rotatable bonds is 6. The highest BCUT2D eigenvalue weighted by atomic mass is 35.5. The SMILES string of the molecule is C=CCN(CCOC)C(=O)c1nc(Cl)ccc1Cl. The maximum atomic E-state index is 12.2. The van der Waals surface area contributed by atoms with Crippen molar-refractivity contribution in [2.45, 2.75) is 0 Å². The van der Waals surface area contributed by atoms with Crippen molar-refractivity contribution in [2.75, 3.05) is 26.8 Å². The third-order valence-corrected chi connectivity index (χ3v) is 2.73. The van der Waals surface area contributed by atoms with Gasteiger partial charge in [0.25, 0.3) is 5.91 Å². The van der Waals surface area contributed by atoms with E-state index < -0.39 is 0 Å². The monoisotopic (exact) mass is 288 g/mol. The zero-order valence-electron chi connectivity index (χ0n) is 10.0. The number of amides is 1. The van der Waals surface area contributed by atoms with Crippen LogP contribution in [0.4, 0.5) is 0 Å². The van der Waals surface area contributed by atoms with Crippen molar-refractivity contribution in [3.63, 3.8) is 0 Å². The molecule has 0 radical (unpaired) electrons. The molecule has 0 unspecified atom stereocenters. The molecule has 0 atom stereocenters. The lowest BCUT2D eigenvalue weighted by atomic mass is 10.3. The first kappa shape index (κ1) is 15.0. The minimum atomic E-state index is -0.292. The number of pyridine rings is 1. The fourth-order valence-electron chi connectivity index (χ4n) is 1.35. The van der Waals surface area contributed by atoms with E-state index >= 15 is 0 Å². The van der Waals surface area contributed by atoms with Crippen molar-refractivity contribution in [1.29, 1.82) is 0 Å². The fraction of sp³-hybridized carbons (Fsp3) is 0.333. The van der Waals surface area contributed by atoms with Gasteiger partial charge in [0.15, 0.2) is 0 Å². The molecule has 98 valence electrons. The highest BCUT2D eigenvalue weighted by molar-refractivity contribution is 6.34. The van der Waals surface area contributed by atoms with Gasteiger partial charge >= 0.3 is 0 Å². The molecule has 0 aliphatic rings. The third-order valence-electron chi connectivity index (χ3n) is 2.22. The highest BCUT2D eigenvalue weighted by Gasteiger charge is 2.19. The molecule has 1 aromatic rings. The van der Waals surface area contributed by atoms with Crippen LogP contribution in [0.2, 0.25) is 10.2 Å². The summed E-state index contributed by atoms with van der Waals surface area (Å²) < 4.78 is 4.95. The summed E-state index contributed by atoms with van der Waals surface area (Å²) in [6.45, 7) is 4.87. The summed E-state index contributed by atoms with van der Waals surface area (Å²) in [6.07, 6.45) is 1.63. The van der Waals surface area contributed by atoms with Crippen LogP contribution in [-0.2, 0) is 4.74 Å². The predicted octanol–water partition coefficient (Wildman–Crippen LogP) is 2.66. The molecule has 0 saturated heterocycles. The number of aromatic nitrogens is 1. The maximum absolute atomic E-state index is 12.2. The third kappa shape index (κ3) is 3.98. The summed E-state index contributed by atoms with van der Waals surface area (Å²) in [5, 5.41) is 0.504. The highest BCUT2D eigenvalue weighted by Crippen LogP contribution is 2.18. The first-order valence-corrected chi connectivity index (χ1v) is 6.07. The molecule has 0 aromatic carbocycles. The lowest BCUT2D eigenvalue weighted by Gasteiger charge is -2.20. The van der Waals surface area contributed by atoms with Crippen molar-refractivity contribution in [1.82, 2.24) is 9.88 Å². The number of methoxy groups -OCH3 is 1. The van der Waals surface area contributed by atoms with E-state index in [1.807, 2.05) is 0 Å². The second kappa shape index (κ2) is 7.36. The summed E-state index contributed by atoms with van der Waals surface area (Å²) >= 11 is 11.7. The second-order valence-corrected chi connectivity index (χ2v) is 4.29. The number of carbonyl (C=O) groups excluding carboxylic acids is 1. The van der Waals surface area contributed by atoms with Crippen molar-refractivity contribution in [3.05, 3.63) is 40.7 Å². The van der Waals surface area contributed by atoms with Gasteiger partial charge in [-0.25, -0.2) is 4.98 Å². The molecule has 0 fully saturated rings. The van der Waals surface area contributed by atoms with E-state index in [1.54, 1.807) is 24.2 Å². The largest absolute Gasteiger partial charge is 0.383 e. The average molecular weight is 289 g/mol. The Morgan fingerprint density at radius 2 is 2.28 bits per heavy atom. The standard InChI is InChI=1S/C12H14Cl2N2O2/c1-3-6-16(7-8-18-2)12(17)11-9(13)4-5-10(14)15-11/h3-5H,1,6-8H2,2H3. The van der Waals surface area contributed by atoms with Crippen LogP contribution in [0.3, 0.4) is 0 Å². The van der Waals surface area contributed by atoms with E-state index in [-0.39, 0.29) is 21.8 Å². The zero-order valence-corrected chi connectivity index (χ0v) is 11.5. The van der Waals surface area contributed by atoms with Gasteiger partial charge in [-0.15, -0.1) is 6.58 Å². The molecule has 4 nitrogen and oxygen atoms in total. The van der Waals surface area contributed by atoms with Crippen molar-refractivity contribution in [2.24, 2.45) is 0 Å². The van der Waals surface area contributed by atoms with Crippen LogP contribution in [0, 0.1) is 0 Å². The number of ether oxygens (including phenoxy) is 1. The van der Waals surface area contributed by atoms with Crippen molar-refractivity contribution in [3.8, 4) is 0 Å². The van der Waals surface area contributed by atoms with Crippen LogP contribution in [0.1, 0.15) is 10.5 Å². The van der Waals surface area contributed by atoms with E-state index in [0.29, 0.717) is 19.7 Å². The summed E-state index contributed by atoms with van der Waals surface area (Å²) in [4.78, 5) is 17.7. The maximum Gasteiger partial charge on any atom is 0.274 e. The molecule has 1 aromatic heterocycles. The quantitative estimate of drug-likeness (QED) is 0.597. The topological polar surface area (TPSA) is 42.4 Å². The van der Waals surface area contributed by atoms with E-state index in [0.717, 1.165) is 0 Å². The molecule has 6 heteroatoms. The summed E-state index contributed by atoms with van der Waals surface area (Å²) in [7, 11) is 1.57. The lowest BCUT2D eigenvalue weighted by molar-refractivity contribution is 0.0712. The van der Waals surface area contributed by atoms with E-state index in [2.05, 4.69) is 11.6 Å². The van der Waals surface area contributed by atoms with Gasteiger partial charge in [0.05, 0.1) is 11.6 Å². The number of hydrogen-bond acceptors (Lipinski definition) is 3. The van der Waals surface area contributed by atoms with E-state index in [9.17, 15) is 4.79 Å². The molecule has 1 heterocycles. The number of carbonyl (C=O) groups is 1. The Labute approximate surface area is 116 Å². The molecule has 0 aliphatic heterocycles. The number of hydrogen-bond donors (Lipinski definition) is 0. The van der Waals surface area contributed by atoms with Gasteiger partial charge in [0.1, 0.15) is 10.8 Å². The Morgan fingerprint density at radius 1 is 1.56 bits per heavy atom. The summed E-state index contributed by atoms with van der Waals surface area (Å²) in [6, 6.07) is 3.08. The Bertz CT molecular complexity index is 438. The molecule has 1 amide bonds. The van der Waals surface area contributed by atoms with Crippen molar-refractivity contribution < 1.29 is 9.53 Å². The molecular formula is C12H14Cl2N2O2. The first-order valence-electron chi connectivity index (χ1n) is 5.31. The minimum absolute atomic E-state index is 0.141. The molecule has 1 rings (SSSR count). The van der Waals surface area contributed by atoms with Crippen LogP contribution < -0.4 is 0 Å². The lowest BCUT2D eigenvalue weighted by Crippen LogP contribution is -2.34. The molecule has 0 N–H and O–H groups in total. The predicted molar refractivity (Wildman–Crippen MR) is 72.2 cm³/mol. The smallest absolute Gasteiger partial charge is 0.274 e. The first-order chi connectivity index (χ1) is 8.60. The molecule has 0 spiro atoms. The number of halogens is 2. The van der Waals surface area contributed by atoms with E-state index in [4.69, 9.17) is 27.9 Å². The number of nitrogens with zero attached hydrogens (tertiary/aromatic N) is 2. The summed E-state index contributed by atoms with van der Waals surface area (Å²) in [5.41, 5.74) is 0.141. The zero-order chi connectivity index (χ0) is 13.5.